The molecule has 19 heavy (non-hydrogen) atoms. The van der Waals surface area contributed by atoms with Crippen LogP contribution in [0.15, 0.2) is 6.20 Å². The first-order chi connectivity index (χ1) is 9.11. The average molecular weight is 269 g/mol. The van der Waals surface area contributed by atoms with Gasteiger partial charge in [-0.1, -0.05) is 5.21 Å². The molecule has 2 N–H and O–H groups in total. The van der Waals surface area contributed by atoms with Crippen LogP contribution in [-0.2, 0) is 22.6 Å². The molecule has 0 saturated carbocycles. The number of aromatic nitrogens is 3. The number of carbonyl (C=O) groups excluding carboxylic acids is 1. The zero-order valence-corrected chi connectivity index (χ0v) is 11.8. The molecule has 7 heteroatoms. The van der Waals surface area contributed by atoms with Gasteiger partial charge in [0.1, 0.15) is 6.54 Å². The molecular formula is C12H23N5O2. The molecule has 0 spiro atoms. The Bertz CT molecular complexity index is 378. The average Bonchev–Trinajstić information content (AvgIpc) is 2.76. The van der Waals surface area contributed by atoms with Crippen LogP contribution in [0, 0.1) is 0 Å². The summed E-state index contributed by atoms with van der Waals surface area (Å²) in [6.45, 7) is 6.10. The van der Waals surface area contributed by atoms with E-state index in [2.05, 4.69) is 20.9 Å². The van der Waals surface area contributed by atoms with E-state index in [1.807, 2.05) is 20.9 Å². The maximum atomic E-state index is 11.6. The van der Waals surface area contributed by atoms with Crippen molar-refractivity contribution in [1.29, 1.82) is 0 Å². The molecule has 1 amide bonds. The summed E-state index contributed by atoms with van der Waals surface area (Å²) < 4.78 is 6.92. The van der Waals surface area contributed by atoms with Gasteiger partial charge in [-0.15, -0.1) is 5.10 Å². The van der Waals surface area contributed by atoms with Gasteiger partial charge in [-0.05, 0) is 27.3 Å². The van der Waals surface area contributed by atoms with Gasteiger partial charge in [-0.2, -0.15) is 0 Å². The van der Waals surface area contributed by atoms with Gasteiger partial charge in [0, 0.05) is 19.7 Å². The fourth-order valence-corrected chi connectivity index (χ4v) is 1.50. The summed E-state index contributed by atoms with van der Waals surface area (Å²) in [5.74, 6) is -0.0644. The van der Waals surface area contributed by atoms with Gasteiger partial charge in [0.25, 0.3) is 0 Å². The Morgan fingerprint density at radius 3 is 3.00 bits per heavy atom. The van der Waals surface area contributed by atoms with Gasteiger partial charge < -0.3 is 15.4 Å². The molecule has 0 atom stereocenters. The highest BCUT2D eigenvalue weighted by atomic mass is 16.5. The van der Waals surface area contributed by atoms with Crippen LogP contribution in [0.2, 0.25) is 0 Å². The summed E-state index contributed by atoms with van der Waals surface area (Å²) in [7, 11) is 1.84. The van der Waals surface area contributed by atoms with Gasteiger partial charge in [0.2, 0.25) is 5.91 Å². The van der Waals surface area contributed by atoms with Crippen LogP contribution in [0.5, 0.6) is 0 Å². The van der Waals surface area contributed by atoms with Gasteiger partial charge in [0.15, 0.2) is 0 Å². The first-order valence-electron chi connectivity index (χ1n) is 6.53. The molecule has 1 rings (SSSR count). The van der Waals surface area contributed by atoms with Crippen LogP contribution in [0.4, 0.5) is 0 Å². The van der Waals surface area contributed by atoms with Crippen molar-refractivity contribution in [1.82, 2.24) is 25.6 Å². The predicted octanol–water partition coefficient (Wildman–Crippen LogP) is -0.0712. The Labute approximate surface area is 113 Å². The number of nitrogens with zero attached hydrogens (tertiary/aromatic N) is 3. The van der Waals surface area contributed by atoms with E-state index in [1.165, 1.54) is 4.68 Å². The molecule has 0 aliphatic heterocycles. The molecule has 1 aromatic heterocycles. The second kappa shape index (κ2) is 8.60. The number of ether oxygens (including phenoxy) is 1. The summed E-state index contributed by atoms with van der Waals surface area (Å²) in [4.78, 5) is 11.6. The Morgan fingerprint density at radius 1 is 1.53 bits per heavy atom. The van der Waals surface area contributed by atoms with E-state index >= 15 is 0 Å². The van der Waals surface area contributed by atoms with Crippen molar-refractivity contribution in [2.24, 2.45) is 0 Å². The van der Waals surface area contributed by atoms with Crippen molar-refractivity contribution < 1.29 is 9.53 Å². The molecular weight excluding hydrogens is 246 g/mol. The predicted molar refractivity (Wildman–Crippen MR) is 71.5 cm³/mol. The van der Waals surface area contributed by atoms with E-state index in [1.54, 1.807) is 6.20 Å². The van der Waals surface area contributed by atoms with Crippen molar-refractivity contribution in [2.75, 3.05) is 20.2 Å². The number of carbonyl (C=O) groups is 1. The van der Waals surface area contributed by atoms with E-state index in [0.29, 0.717) is 19.7 Å². The van der Waals surface area contributed by atoms with Crippen molar-refractivity contribution in [2.45, 2.75) is 39.5 Å². The fraction of sp³-hybridized carbons (Fsp3) is 0.750. The Balaban J connectivity index is 2.16. The molecule has 0 unspecified atom stereocenters. The third kappa shape index (κ3) is 6.88. The number of rotatable bonds is 9. The summed E-state index contributed by atoms with van der Waals surface area (Å²) >= 11 is 0. The van der Waals surface area contributed by atoms with Crippen LogP contribution in [0.1, 0.15) is 26.0 Å². The number of amides is 1. The van der Waals surface area contributed by atoms with E-state index in [4.69, 9.17) is 4.74 Å². The minimum atomic E-state index is -0.0644. The minimum Gasteiger partial charge on any atom is -0.379 e. The van der Waals surface area contributed by atoms with Crippen molar-refractivity contribution >= 4 is 5.91 Å². The Kier molecular flexibility index (Phi) is 7.06. The second-order valence-electron chi connectivity index (χ2n) is 4.56. The van der Waals surface area contributed by atoms with E-state index in [-0.39, 0.29) is 18.6 Å². The first-order valence-corrected chi connectivity index (χ1v) is 6.53. The fourth-order valence-electron chi connectivity index (χ4n) is 1.50. The highest BCUT2D eigenvalue weighted by molar-refractivity contribution is 5.75. The lowest BCUT2D eigenvalue weighted by Gasteiger charge is -2.08. The van der Waals surface area contributed by atoms with Crippen LogP contribution in [0.3, 0.4) is 0 Å². The topological polar surface area (TPSA) is 81.1 Å². The van der Waals surface area contributed by atoms with Gasteiger partial charge in [-0.3, -0.25) is 4.79 Å². The molecule has 1 aromatic rings. The maximum Gasteiger partial charge on any atom is 0.241 e. The molecule has 0 saturated heterocycles. The molecule has 0 aliphatic rings. The largest absolute Gasteiger partial charge is 0.379 e. The summed E-state index contributed by atoms with van der Waals surface area (Å²) in [6.07, 6.45) is 2.81. The second-order valence-corrected chi connectivity index (χ2v) is 4.56. The highest BCUT2D eigenvalue weighted by Crippen LogP contribution is 1.92. The number of nitrogens with one attached hydrogen (secondary N) is 2. The lowest BCUT2D eigenvalue weighted by Crippen LogP contribution is -2.29. The third-order valence-corrected chi connectivity index (χ3v) is 2.34. The molecule has 0 fully saturated rings. The van der Waals surface area contributed by atoms with Crippen LogP contribution in [-0.4, -0.2) is 47.2 Å². The molecule has 0 aromatic carbocycles. The molecule has 0 radical (unpaired) electrons. The van der Waals surface area contributed by atoms with E-state index < -0.39 is 0 Å². The highest BCUT2D eigenvalue weighted by Gasteiger charge is 2.05. The van der Waals surface area contributed by atoms with Gasteiger partial charge in [0.05, 0.1) is 18.0 Å². The zero-order valence-electron chi connectivity index (χ0n) is 11.8. The summed E-state index contributed by atoms with van der Waals surface area (Å²) in [5.41, 5.74) is 0.820. The van der Waals surface area contributed by atoms with Crippen LogP contribution < -0.4 is 10.6 Å². The maximum absolute atomic E-state index is 11.6. The number of hydrogen-bond acceptors (Lipinski definition) is 5. The van der Waals surface area contributed by atoms with Crippen molar-refractivity contribution in [3.05, 3.63) is 11.9 Å². The smallest absolute Gasteiger partial charge is 0.241 e. The first kappa shape index (κ1) is 15.6. The standard InChI is InChI=1S/C12H23N5O2/c1-10(2)19-6-4-5-14-12(18)9-17-8-11(7-13-3)15-16-17/h8,10,13H,4-7,9H2,1-3H3,(H,14,18). The normalized spacial score (nSPS) is 10.9. The lowest BCUT2D eigenvalue weighted by molar-refractivity contribution is -0.121. The van der Waals surface area contributed by atoms with Gasteiger partial charge in [-0.25, -0.2) is 4.68 Å². The lowest BCUT2D eigenvalue weighted by atomic mass is 10.4. The monoisotopic (exact) mass is 269 g/mol. The Morgan fingerprint density at radius 2 is 2.32 bits per heavy atom. The van der Waals surface area contributed by atoms with E-state index in [9.17, 15) is 4.79 Å². The molecule has 0 aliphatic carbocycles. The quantitative estimate of drug-likeness (QED) is 0.613. The molecule has 108 valence electrons. The molecule has 1 heterocycles. The van der Waals surface area contributed by atoms with Crippen LogP contribution in [0.25, 0.3) is 0 Å². The minimum absolute atomic E-state index is 0.0644. The number of hydrogen-bond donors (Lipinski definition) is 2. The van der Waals surface area contributed by atoms with Gasteiger partial charge >= 0.3 is 0 Å². The SMILES string of the molecule is CNCc1cn(CC(=O)NCCCOC(C)C)nn1. The van der Waals surface area contributed by atoms with Crippen LogP contribution >= 0.6 is 0 Å². The zero-order chi connectivity index (χ0) is 14.1. The molecule has 0 bridgehead atoms. The summed E-state index contributed by atoms with van der Waals surface area (Å²) in [6, 6.07) is 0. The van der Waals surface area contributed by atoms with Crippen molar-refractivity contribution in [3.8, 4) is 0 Å². The summed E-state index contributed by atoms with van der Waals surface area (Å²) in [5, 5.41) is 13.6. The Hall–Kier alpha value is -1.47. The van der Waals surface area contributed by atoms with E-state index in [0.717, 1.165) is 12.1 Å². The van der Waals surface area contributed by atoms with Crippen molar-refractivity contribution in [3.63, 3.8) is 0 Å². The molecule has 7 nitrogen and oxygen atoms in total. The third-order valence-electron chi connectivity index (χ3n) is 2.34.